The van der Waals surface area contributed by atoms with E-state index in [0.717, 1.165) is 25.7 Å². The summed E-state index contributed by atoms with van der Waals surface area (Å²) in [5.74, 6) is 2.47. The third kappa shape index (κ3) is 1.95. The first-order valence-corrected chi connectivity index (χ1v) is 9.75. The van der Waals surface area contributed by atoms with Crippen molar-refractivity contribution in [1.29, 1.82) is 0 Å². The van der Waals surface area contributed by atoms with E-state index in [4.69, 9.17) is 0 Å². The fourth-order valence-electron chi connectivity index (χ4n) is 6.66. The average Bonchev–Trinajstić information content (AvgIpc) is 2.81. The molecule has 2 fully saturated rings. The summed E-state index contributed by atoms with van der Waals surface area (Å²) in [7, 11) is 0. The third-order valence-corrected chi connectivity index (χ3v) is 8.47. The highest BCUT2D eigenvalue weighted by atomic mass is 16.1. The first kappa shape index (κ1) is 16.3. The van der Waals surface area contributed by atoms with Gasteiger partial charge < -0.3 is 0 Å². The molecule has 2 nitrogen and oxygen atoms in total. The van der Waals surface area contributed by atoms with Crippen LogP contribution in [0.5, 0.6) is 0 Å². The van der Waals surface area contributed by atoms with Crippen LogP contribution < -0.4 is 0 Å². The summed E-state index contributed by atoms with van der Waals surface area (Å²) < 4.78 is 0. The van der Waals surface area contributed by atoms with E-state index in [1.165, 1.54) is 24.0 Å². The molecule has 0 spiro atoms. The second-order valence-electron chi connectivity index (χ2n) is 9.26. The van der Waals surface area contributed by atoms with Crippen molar-refractivity contribution in [3.63, 3.8) is 0 Å². The maximum absolute atomic E-state index is 12.5. The van der Waals surface area contributed by atoms with Gasteiger partial charge in [-0.25, -0.2) is 0 Å². The summed E-state index contributed by atoms with van der Waals surface area (Å²) in [5.41, 5.74) is 4.53. The van der Waals surface area contributed by atoms with E-state index in [1.807, 2.05) is 6.08 Å². The second kappa shape index (κ2) is 5.16. The van der Waals surface area contributed by atoms with Crippen LogP contribution in [0.3, 0.4) is 0 Å². The number of hydrogen-bond donors (Lipinski definition) is 0. The van der Waals surface area contributed by atoms with Gasteiger partial charge in [0.15, 0.2) is 5.78 Å². The topological polar surface area (TPSA) is 34.1 Å². The number of carbonyl (C=O) groups is 2. The molecule has 4 aliphatic rings. The Labute approximate surface area is 145 Å². The van der Waals surface area contributed by atoms with Crippen LogP contribution in [0.15, 0.2) is 22.8 Å². The molecule has 0 saturated heterocycles. The molecule has 3 unspecified atom stereocenters. The molecule has 5 atom stereocenters. The van der Waals surface area contributed by atoms with Gasteiger partial charge in [0.25, 0.3) is 0 Å². The van der Waals surface area contributed by atoms with Crippen LogP contribution in [0.1, 0.15) is 72.6 Å². The lowest BCUT2D eigenvalue weighted by molar-refractivity contribution is -0.134. The molecule has 0 bridgehead atoms. The molecule has 130 valence electrons. The molecule has 0 aromatic carbocycles. The van der Waals surface area contributed by atoms with Gasteiger partial charge >= 0.3 is 0 Å². The van der Waals surface area contributed by atoms with Crippen molar-refractivity contribution in [2.24, 2.45) is 28.6 Å². The average molecular weight is 326 g/mol. The van der Waals surface area contributed by atoms with Gasteiger partial charge in [-0.3, -0.25) is 9.59 Å². The van der Waals surface area contributed by atoms with Gasteiger partial charge in [0.1, 0.15) is 5.78 Å². The summed E-state index contributed by atoms with van der Waals surface area (Å²) in [5, 5.41) is 0. The monoisotopic (exact) mass is 326 g/mol. The molecule has 2 heteroatoms. The van der Waals surface area contributed by atoms with E-state index in [2.05, 4.69) is 20.8 Å². The molecule has 0 aromatic heterocycles. The Kier molecular flexibility index (Phi) is 3.50. The van der Waals surface area contributed by atoms with Crippen molar-refractivity contribution in [1.82, 2.24) is 0 Å². The van der Waals surface area contributed by atoms with E-state index < -0.39 is 0 Å². The van der Waals surface area contributed by atoms with Gasteiger partial charge in [-0.15, -0.1) is 0 Å². The van der Waals surface area contributed by atoms with Crippen LogP contribution in [0.4, 0.5) is 0 Å². The quantitative estimate of drug-likeness (QED) is 0.677. The highest BCUT2D eigenvalue weighted by molar-refractivity contribution is 5.93. The lowest BCUT2D eigenvalue weighted by Gasteiger charge is -2.53. The molecule has 0 aromatic rings. The van der Waals surface area contributed by atoms with Gasteiger partial charge in [-0.1, -0.05) is 26.3 Å². The molecule has 4 rings (SSSR count). The number of hydrogen-bond acceptors (Lipinski definition) is 2. The SMILES string of the molecule is CC(=O)[C@@]1(C)CCC2C3C[C@H](C)C4=CC(=O)CCC4=C3CCC21C. The van der Waals surface area contributed by atoms with E-state index in [1.54, 1.807) is 12.5 Å². The van der Waals surface area contributed by atoms with Crippen molar-refractivity contribution in [3.8, 4) is 0 Å². The van der Waals surface area contributed by atoms with Crippen molar-refractivity contribution in [3.05, 3.63) is 22.8 Å². The van der Waals surface area contributed by atoms with Crippen molar-refractivity contribution in [2.75, 3.05) is 0 Å². The zero-order chi connectivity index (χ0) is 17.3. The van der Waals surface area contributed by atoms with Gasteiger partial charge in [0.05, 0.1) is 0 Å². The van der Waals surface area contributed by atoms with Gasteiger partial charge in [0, 0.05) is 11.8 Å². The number of ketones is 2. The summed E-state index contributed by atoms with van der Waals surface area (Å²) in [6.07, 6.45) is 9.27. The number of rotatable bonds is 1. The number of allylic oxidation sites excluding steroid dienone is 4. The fourth-order valence-corrected chi connectivity index (χ4v) is 6.66. The lowest BCUT2D eigenvalue weighted by atomic mass is 9.51. The second-order valence-corrected chi connectivity index (χ2v) is 9.26. The standard InChI is InChI=1S/C22H30O2/c1-13-11-19-17(16-6-5-15(24)12-18(13)16)7-9-22(4)20(19)8-10-21(22,3)14(2)23/h12-13,19-20H,5-11H2,1-4H3/t13-,19?,20?,21+,22?/m0/s1. The smallest absolute Gasteiger partial charge is 0.156 e. The molecule has 4 aliphatic carbocycles. The van der Waals surface area contributed by atoms with Gasteiger partial charge in [-0.05, 0) is 85.8 Å². The summed E-state index contributed by atoms with van der Waals surface area (Å²) in [4.78, 5) is 24.3. The molecule has 0 amide bonds. The first-order valence-electron chi connectivity index (χ1n) is 9.75. The van der Waals surface area contributed by atoms with E-state index in [9.17, 15) is 9.59 Å². The summed E-state index contributed by atoms with van der Waals surface area (Å²) in [6.45, 7) is 8.73. The lowest BCUT2D eigenvalue weighted by Crippen LogP contribution is -2.47. The Balaban J connectivity index is 1.78. The molecular formula is C22H30O2. The first-order chi connectivity index (χ1) is 11.3. The highest BCUT2D eigenvalue weighted by Crippen LogP contribution is 2.67. The van der Waals surface area contributed by atoms with E-state index in [-0.39, 0.29) is 10.8 Å². The Morgan fingerprint density at radius 3 is 2.62 bits per heavy atom. The molecule has 2 saturated carbocycles. The Morgan fingerprint density at radius 1 is 1.17 bits per heavy atom. The largest absolute Gasteiger partial charge is 0.299 e. The number of carbonyl (C=O) groups excluding carboxylic acids is 2. The molecule has 24 heavy (non-hydrogen) atoms. The predicted octanol–water partition coefficient (Wildman–Crippen LogP) is 5.03. The minimum absolute atomic E-state index is 0.143. The molecular weight excluding hydrogens is 296 g/mol. The molecule has 0 radical (unpaired) electrons. The Morgan fingerprint density at radius 2 is 1.92 bits per heavy atom. The third-order valence-electron chi connectivity index (χ3n) is 8.47. The van der Waals surface area contributed by atoms with Crippen LogP contribution in [0.25, 0.3) is 0 Å². The van der Waals surface area contributed by atoms with Crippen LogP contribution in [-0.4, -0.2) is 11.6 Å². The Hall–Kier alpha value is -1.18. The zero-order valence-corrected chi connectivity index (χ0v) is 15.6. The number of fused-ring (bicyclic) bond motifs is 4. The molecule has 0 N–H and O–H groups in total. The van der Waals surface area contributed by atoms with E-state index in [0.29, 0.717) is 35.7 Å². The van der Waals surface area contributed by atoms with Crippen LogP contribution in [0, 0.1) is 28.6 Å². The summed E-state index contributed by atoms with van der Waals surface area (Å²) >= 11 is 0. The van der Waals surface area contributed by atoms with Crippen LogP contribution in [-0.2, 0) is 9.59 Å². The fraction of sp³-hybridized carbons (Fsp3) is 0.727. The maximum atomic E-state index is 12.5. The summed E-state index contributed by atoms with van der Waals surface area (Å²) in [6, 6.07) is 0. The maximum Gasteiger partial charge on any atom is 0.156 e. The minimum atomic E-state index is -0.143. The van der Waals surface area contributed by atoms with Crippen molar-refractivity contribution >= 4 is 11.6 Å². The van der Waals surface area contributed by atoms with Gasteiger partial charge in [-0.2, -0.15) is 0 Å². The molecule has 0 aliphatic heterocycles. The van der Waals surface area contributed by atoms with Crippen LogP contribution >= 0.6 is 0 Å². The van der Waals surface area contributed by atoms with E-state index >= 15 is 0 Å². The highest BCUT2D eigenvalue weighted by Gasteiger charge is 2.61. The van der Waals surface area contributed by atoms with Crippen molar-refractivity contribution < 1.29 is 9.59 Å². The van der Waals surface area contributed by atoms with Crippen LogP contribution in [0.2, 0.25) is 0 Å². The number of Topliss-reactive ketones (excluding diaryl/α,β-unsaturated/α-hetero) is 1. The Bertz CT molecular complexity index is 682. The zero-order valence-electron chi connectivity index (χ0n) is 15.6. The minimum Gasteiger partial charge on any atom is -0.299 e. The predicted molar refractivity (Wildman–Crippen MR) is 95.5 cm³/mol. The molecule has 0 heterocycles. The van der Waals surface area contributed by atoms with Crippen molar-refractivity contribution in [2.45, 2.75) is 72.6 Å². The van der Waals surface area contributed by atoms with Gasteiger partial charge in [0.2, 0.25) is 0 Å². The normalized spacial score (nSPS) is 44.6.